The Balaban J connectivity index is 2.07. The van der Waals surface area contributed by atoms with Gasteiger partial charge in [0.15, 0.2) is 0 Å². The van der Waals surface area contributed by atoms with E-state index in [0.29, 0.717) is 29.1 Å². The molecule has 0 saturated heterocycles. The van der Waals surface area contributed by atoms with Gasteiger partial charge in [0.2, 0.25) is 5.88 Å². The second-order valence-corrected chi connectivity index (χ2v) is 6.37. The van der Waals surface area contributed by atoms with E-state index in [0.717, 1.165) is 16.7 Å². The second kappa shape index (κ2) is 7.73. The zero-order valence-corrected chi connectivity index (χ0v) is 14.3. The van der Waals surface area contributed by atoms with Crippen LogP contribution in [0.2, 0.25) is 5.02 Å². The van der Waals surface area contributed by atoms with Gasteiger partial charge in [-0.25, -0.2) is 4.98 Å². The first-order valence-electron chi connectivity index (χ1n) is 6.69. The van der Waals surface area contributed by atoms with E-state index >= 15 is 0 Å². The van der Waals surface area contributed by atoms with Crippen molar-refractivity contribution in [2.24, 2.45) is 5.92 Å². The van der Waals surface area contributed by atoms with Crippen LogP contribution in [-0.2, 0) is 6.54 Å². The van der Waals surface area contributed by atoms with Crippen LogP contribution in [0.5, 0.6) is 11.6 Å². The molecule has 0 atom stereocenters. The van der Waals surface area contributed by atoms with Crippen LogP contribution in [0.25, 0.3) is 0 Å². The molecule has 0 aliphatic rings. The van der Waals surface area contributed by atoms with Gasteiger partial charge in [0, 0.05) is 23.3 Å². The van der Waals surface area contributed by atoms with E-state index in [-0.39, 0.29) is 0 Å². The van der Waals surface area contributed by atoms with Gasteiger partial charge in [-0.05, 0) is 40.5 Å². The fourth-order valence-corrected chi connectivity index (χ4v) is 2.21. The average molecular weight is 371 g/mol. The molecule has 0 saturated carbocycles. The normalized spacial score (nSPS) is 10.9. The highest BCUT2D eigenvalue weighted by molar-refractivity contribution is 9.10. The molecule has 2 aromatic rings. The molecule has 0 aliphatic heterocycles. The minimum absolute atomic E-state index is 0.501. The van der Waals surface area contributed by atoms with Crippen LogP contribution in [0.4, 0.5) is 0 Å². The molecular formula is C15H17BrClN3O. The molecule has 0 aromatic carbocycles. The third-order valence-corrected chi connectivity index (χ3v) is 3.42. The molecule has 0 fully saturated rings. The molecule has 0 bridgehead atoms. The number of halogens is 2. The quantitative estimate of drug-likeness (QED) is 0.817. The number of hydrogen-bond acceptors (Lipinski definition) is 4. The lowest BCUT2D eigenvalue weighted by Gasteiger charge is -2.10. The van der Waals surface area contributed by atoms with Crippen LogP contribution in [0.15, 0.2) is 35.1 Å². The van der Waals surface area contributed by atoms with E-state index in [1.54, 1.807) is 24.5 Å². The molecular weight excluding hydrogens is 354 g/mol. The average Bonchev–Trinajstić information content (AvgIpc) is 2.42. The zero-order chi connectivity index (χ0) is 15.2. The maximum atomic E-state index is 6.16. The predicted octanol–water partition coefficient (Wildman–Crippen LogP) is 4.43. The van der Waals surface area contributed by atoms with Gasteiger partial charge in [-0.15, -0.1) is 0 Å². The summed E-state index contributed by atoms with van der Waals surface area (Å²) in [7, 11) is 0. The second-order valence-electron chi connectivity index (χ2n) is 5.04. The zero-order valence-electron chi connectivity index (χ0n) is 11.9. The highest BCUT2D eigenvalue weighted by Crippen LogP contribution is 2.24. The van der Waals surface area contributed by atoms with Crippen molar-refractivity contribution in [1.29, 1.82) is 0 Å². The van der Waals surface area contributed by atoms with Crippen molar-refractivity contribution in [2.45, 2.75) is 20.4 Å². The smallest absolute Gasteiger partial charge is 0.219 e. The Morgan fingerprint density at radius 2 is 2.14 bits per heavy atom. The standard InChI is InChI=1S/C15H17BrClN3O/c1-10(2)6-18-9-14-13(17)3-4-15(20-14)21-12-5-11(16)7-19-8-12/h3-5,7-8,10,18H,6,9H2,1-2H3. The maximum Gasteiger partial charge on any atom is 0.219 e. The van der Waals surface area contributed by atoms with Crippen molar-refractivity contribution in [3.05, 3.63) is 45.8 Å². The lowest BCUT2D eigenvalue weighted by Crippen LogP contribution is -2.19. The topological polar surface area (TPSA) is 47.0 Å². The van der Waals surface area contributed by atoms with Gasteiger partial charge in [0.05, 0.1) is 16.9 Å². The SMILES string of the molecule is CC(C)CNCc1nc(Oc2cncc(Br)c2)ccc1Cl. The van der Waals surface area contributed by atoms with Crippen LogP contribution in [-0.4, -0.2) is 16.5 Å². The number of aromatic nitrogens is 2. The Morgan fingerprint density at radius 3 is 2.86 bits per heavy atom. The van der Waals surface area contributed by atoms with Crippen molar-refractivity contribution < 1.29 is 4.74 Å². The third kappa shape index (κ3) is 5.26. The Morgan fingerprint density at radius 1 is 1.33 bits per heavy atom. The Kier molecular flexibility index (Phi) is 5.96. The lowest BCUT2D eigenvalue weighted by molar-refractivity contribution is 0.456. The number of ether oxygens (including phenoxy) is 1. The summed E-state index contributed by atoms with van der Waals surface area (Å²) < 4.78 is 6.55. The Hall–Kier alpha value is -1.17. The molecule has 21 heavy (non-hydrogen) atoms. The lowest BCUT2D eigenvalue weighted by atomic mass is 10.2. The number of nitrogens with one attached hydrogen (secondary N) is 1. The first-order valence-corrected chi connectivity index (χ1v) is 7.86. The van der Waals surface area contributed by atoms with E-state index in [1.165, 1.54) is 0 Å². The molecule has 0 amide bonds. The molecule has 0 unspecified atom stereocenters. The molecule has 4 nitrogen and oxygen atoms in total. The van der Waals surface area contributed by atoms with Crippen LogP contribution in [0.1, 0.15) is 19.5 Å². The molecule has 6 heteroatoms. The number of pyridine rings is 2. The summed E-state index contributed by atoms with van der Waals surface area (Å²) >= 11 is 9.52. The molecule has 2 rings (SSSR count). The van der Waals surface area contributed by atoms with Crippen LogP contribution in [0.3, 0.4) is 0 Å². The van der Waals surface area contributed by atoms with Crippen LogP contribution in [0, 0.1) is 5.92 Å². The van der Waals surface area contributed by atoms with E-state index in [1.807, 2.05) is 6.07 Å². The third-order valence-electron chi connectivity index (χ3n) is 2.64. The van der Waals surface area contributed by atoms with Gasteiger partial charge in [-0.3, -0.25) is 4.98 Å². The fraction of sp³-hybridized carbons (Fsp3) is 0.333. The summed E-state index contributed by atoms with van der Waals surface area (Å²) in [6, 6.07) is 5.37. The van der Waals surface area contributed by atoms with Gasteiger partial charge in [-0.2, -0.15) is 0 Å². The van der Waals surface area contributed by atoms with Gasteiger partial charge in [-0.1, -0.05) is 25.4 Å². The van der Waals surface area contributed by atoms with Gasteiger partial charge in [0.25, 0.3) is 0 Å². The first-order chi connectivity index (χ1) is 10.0. The number of hydrogen-bond donors (Lipinski definition) is 1. The molecule has 2 heterocycles. The number of rotatable bonds is 6. The van der Waals surface area contributed by atoms with E-state index in [4.69, 9.17) is 16.3 Å². The van der Waals surface area contributed by atoms with E-state index in [2.05, 4.69) is 45.1 Å². The summed E-state index contributed by atoms with van der Waals surface area (Å²) in [6.45, 7) is 5.84. The van der Waals surface area contributed by atoms with Crippen molar-refractivity contribution >= 4 is 27.5 Å². The van der Waals surface area contributed by atoms with E-state index < -0.39 is 0 Å². The molecule has 112 valence electrons. The largest absolute Gasteiger partial charge is 0.437 e. The fourth-order valence-electron chi connectivity index (χ4n) is 1.69. The van der Waals surface area contributed by atoms with Gasteiger partial charge in [0.1, 0.15) is 5.75 Å². The molecule has 0 aliphatic carbocycles. The monoisotopic (exact) mass is 369 g/mol. The number of nitrogens with zero attached hydrogens (tertiary/aromatic N) is 2. The van der Waals surface area contributed by atoms with Crippen molar-refractivity contribution in [2.75, 3.05) is 6.54 Å². The minimum atomic E-state index is 0.501. The first kappa shape index (κ1) is 16.2. The maximum absolute atomic E-state index is 6.16. The minimum Gasteiger partial charge on any atom is -0.437 e. The predicted molar refractivity (Wildman–Crippen MR) is 87.8 cm³/mol. The molecule has 2 aromatic heterocycles. The van der Waals surface area contributed by atoms with Gasteiger partial charge >= 0.3 is 0 Å². The summed E-state index contributed by atoms with van der Waals surface area (Å²) in [6.07, 6.45) is 3.33. The van der Waals surface area contributed by atoms with Crippen molar-refractivity contribution in [1.82, 2.24) is 15.3 Å². The van der Waals surface area contributed by atoms with Gasteiger partial charge < -0.3 is 10.1 Å². The van der Waals surface area contributed by atoms with Crippen LogP contribution >= 0.6 is 27.5 Å². The van der Waals surface area contributed by atoms with Crippen molar-refractivity contribution in [3.63, 3.8) is 0 Å². The van der Waals surface area contributed by atoms with Crippen LogP contribution < -0.4 is 10.1 Å². The highest BCUT2D eigenvalue weighted by Gasteiger charge is 2.06. The Bertz CT molecular complexity index is 607. The van der Waals surface area contributed by atoms with Crippen molar-refractivity contribution in [3.8, 4) is 11.6 Å². The summed E-state index contributed by atoms with van der Waals surface area (Å²) in [5.74, 6) is 1.71. The summed E-state index contributed by atoms with van der Waals surface area (Å²) in [5.41, 5.74) is 0.776. The Labute approximate surface area is 138 Å². The highest BCUT2D eigenvalue weighted by atomic mass is 79.9. The summed E-state index contributed by atoms with van der Waals surface area (Å²) in [4.78, 5) is 8.49. The molecule has 1 N–H and O–H groups in total. The molecule has 0 radical (unpaired) electrons. The van der Waals surface area contributed by atoms with E-state index in [9.17, 15) is 0 Å². The molecule has 0 spiro atoms. The summed E-state index contributed by atoms with van der Waals surface area (Å²) in [5, 5.41) is 3.95.